The number of nitro groups is 1. The summed E-state index contributed by atoms with van der Waals surface area (Å²) in [7, 11) is 0. The standard InChI is InChI=1S/C10H10F2N2O4/c11-8-3-6(14(17)18)4-9(12)7(8)1-2-13-10(16)5-15/h3-4,15H,1-2,5H2,(H,13,16). The van der Waals surface area contributed by atoms with Crippen LogP contribution in [0, 0.1) is 21.7 Å². The summed E-state index contributed by atoms with van der Waals surface area (Å²) in [5, 5.41) is 21.0. The zero-order valence-electron chi connectivity index (χ0n) is 9.15. The number of non-ortho nitro benzene ring substituents is 1. The molecule has 0 aromatic heterocycles. The maximum Gasteiger partial charge on any atom is 0.275 e. The van der Waals surface area contributed by atoms with Gasteiger partial charge in [-0.05, 0) is 6.42 Å². The van der Waals surface area contributed by atoms with Gasteiger partial charge in [-0.25, -0.2) is 8.78 Å². The van der Waals surface area contributed by atoms with Crippen molar-refractivity contribution in [3.63, 3.8) is 0 Å². The minimum absolute atomic E-state index is 0.0783. The second-order valence-electron chi connectivity index (χ2n) is 3.40. The summed E-state index contributed by atoms with van der Waals surface area (Å²) in [5.41, 5.74) is -1.02. The molecule has 0 fully saturated rings. The number of hydrogen-bond acceptors (Lipinski definition) is 4. The van der Waals surface area contributed by atoms with Gasteiger partial charge in [0.25, 0.3) is 5.69 Å². The smallest absolute Gasteiger partial charge is 0.275 e. The van der Waals surface area contributed by atoms with Gasteiger partial charge in [0.1, 0.15) is 18.2 Å². The maximum atomic E-state index is 13.4. The lowest BCUT2D eigenvalue weighted by Gasteiger charge is -2.06. The number of carbonyl (C=O) groups excluding carboxylic acids is 1. The summed E-state index contributed by atoms with van der Waals surface area (Å²) in [6.07, 6.45) is -0.165. The highest BCUT2D eigenvalue weighted by Crippen LogP contribution is 2.20. The van der Waals surface area contributed by atoms with Crippen LogP contribution in [0.3, 0.4) is 0 Å². The second kappa shape index (κ2) is 6.01. The Hall–Kier alpha value is -2.09. The third-order valence-corrected chi connectivity index (χ3v) is 2.18. The molecule has 98 valence electrons. The summed E-state index contributed by atoms with van der Waals surface area (Å²) in [4.78, 5) is 20.1. The second-order valence-corrected chi connectivity index (χ2v) is 3.40. The number of carbonyl (C=O) groups is 1. The predicted molar refractivity (Wildman–Crippen MR) is 56.8 cm³/mol. The number of aliphatic hydroxyl groups is 1. The molecule has 1 aromatic rings. The third-order valence-electron chi connectivity index (χ3n) is 2.18. The average Bonchev–Trinajstić information content (AvgIpc) is 2.31. The lowest BCUT2D eigenvalue weighted by molar-refractivity contribution is -0.385. The Morgan fingerprint density at radius 1 is 1.39 bits per heavy atom. The molecule has 0 aliphatic carbocycles. The van der Waals surface area contributed by atoms with Crippen LogP contribution in [0.15, 0.2) is 12.1 Å². The van der Waals surface area contributed by atoms with Crippen LogP contribution in [-0.2, 0) is 11.2 Å². The lowest BCUT2D eigenvalue weighted by atomic mass is 10.1. The van der Waals surface area contributed by atoms with Crippen molar-refractivity contribution in [1.29, 1.82) is 0 Å². The summed E-state index contributed by atoms with van der Waals surface area (Å²) < 4.78 is 26.7. The van der Waals surface area contributed by atoms with E-state index in [1.54, 1.807) is 0 Å². The molecule has 6 nitrogen and oxygen atoms in total. The molecule has 0 heterocycles. The molecule has 18 heavy (non-hydrogen) atoms. The Balaban J connectivity index is 2.78. The molecule has 0 aliphatic rings. The van der Waals surface area contributed by atoms with E-state index in [0.29, 0.717) is 12.1 Å². The van der Waals surface area contributed by atoms with E-state index in [9.17, 15) is 23.7 Å². The number of nitrogens with zero attached hydrogens (tertiary/aromatic N) is 1. The number of aliphatic hydroxyl groups excluding tert-OH is 1. The average molecular weight is 260 g/mol. The fraction of sp³-hybridized carbons (Fsp3) is 0.300. The molecule has 0 atom stereocenters. The van der Waals surface area contributed by atoms with Gasteiger partial charge in [-0.15, -0.1) is 0 Å². The van der Waals surface area contributed by atoms with Crippen LogP contribution in [0.4, 0.5) is 14.5 Å². The Bertz CT molecular complexity index is 456. The number of amides is 1. The summed E-state index contributed by atoms with van der Waals surface area (Å²) >= 11 is 0. The highest BCUT2D eigenvalue weighted by molar-refractivity contribution is 5.76. The Labute approximate surface area is 100 Å². The summed E-state index contributed by atoms with van der Waals surface area (Å²) in [6, 6.07) is 1.23. The molecule has 0 radical (unpaired) electrons. The summed E-state index contributed by atoms with van der Waals surface area (Å²) in [5.74, 6) is -2.75. The number of rotatable bonds is 5. The SMILES string of the molecule is O=C(CO)NCCc1c(F)cc([N+](=O)[O-])cc1F. The molecule has 2 N–H and O–H groups in total. The van der Waals surface area contributed by atoms with Crippen LogP contribution in [0.1, 0.15) is 5.56 Å². The molecule has 0 aliphatic heterocycles. The van der Waals surface area contributed by atoms with Crippen LogP contribution in [-0.4, -0.2) is 29.1 Å². The molecular formula is C10H10F2N2O4. The maximum absolute atomic E-state index is 13.4. The normalized spacial score (nSPS) is 10.2. The molecular weight excluding hydrogens is 250 g/mol. The first kappa shape index (κ1) is 14.0. The van der Waals surface area contributed by atoms with Gasteiger partial charge >= 0.3 is 0 Å². The number of halogens is 2. The summed E-state index contributed by atoms with van der Waals surface area (Å²) in [6.45, 7) is -0.795. The predicted octanol–water partition coefficient (Wildman–Crippen LogP) is 0.524. The van der Waals surface area contributed by atoms with Crippen molar-refractivity contribution in [2.45, 2.75) is 6.42 Å². The fourth-order valence-electron chi connectivity index (χ4n) is 1.32. The largest absolute Gasteiger partial charge is 0.387 e. The minimum Gasteiger partial charge on any atom is -0.387 e. The molecule has 1 amide bonds. The Kier molecular flexibility index (Phi) is 4.67. The van der Waals surface area contributed by atoms with Crippen molar-refractivity contribution in [2.75, 3.05) is 13.2 Å². The third kappa shape index (κ3) is 3.45. The van der Waals surface area contributed by atoms with Gasteiger partial charge in [0.2, 0.25) is 5.91 Å². The molecule has 0 saturated heterocycles. The van der Waals surface area contributed by atoms with E-state index in [1.807, 2.05) is 0 Å². The van der Waals surface area contributed by atoms with Crippen LogP contribution >= 0.6 is 0 Å². The van der Waals surface area contributed by atoms with Gasteiger partial charge in [0.15, 0.2) is 0 Å². The van der Waals surface area contributed by atoms with E-state index < -0.39 is 34.8 Å². The number of hydrogen-bond donors (Lipinski definition) is 2. The minimum atomic E-state index is -1.04. The van der Waals surface area contributed by atoms with E-state index in [-0.39, 0.29) is 18.5 Å². The highest BCUT2D eigenvalue weighted by atomic mass is 19.1. The molecule has 8 heteroatoms. The first-order valence-corrected chi connectivity index (χ1v) is 4.95. The van der Waals surface area contributed by atoms with E-state index in [1.165, 1.54) is 0 Å². The van der Waals surface area contributed by atoms with Crippen LogP contribution in [0.25, 0.3) is 0 Å². The zero-order chi connectivity index (χ0) is 13.7. The van der Waals surface area contributed by atoms with Crippen molar-refractivity contribution in [3.8, 4) is 0 Å². The lowest BCUT2D eigenvalue weighted by Crippen LogP contribution is -2.28. The number of nitro benzene ring substituents is 1. The fourth-order valence-corrected chi connectivity index (χ4v) is 1.32. The Morgan fingerprint density at radius 3 is 2.39 bits per heavy atom. The molecule has 1 aromatic carbocycles. The van der Waals surface area contributed by atoms with E-state index in [0.717, 1.165) is 0 Å². The molecule has 1 rings (SSSR count). The van der Waals surface area contributed by atoms with Crippen LogP contribution < -0.4 is 5.32 Å². The van der Waals surface area contributed by atoms with Crippen LogP contribution in [0.2, 0.25) is 0 Å². The van der Waals surface area contributed by atoms with E-state index in [4.69, 9.17) is 5.11 Å². The molecule has 0 spiro atoms. The Morgan fingerprint density at radius 2 is 1.94 bits per heavy atom. The van der Waals surface area contributed by atoms with Gasteiger partial charge in [-0.2, -0.15) is 0 Å². The quantitative estimate of drug-likeness (QED) is 0.596. The van der Waals surface area contributed by atoms with Gasteiger partial charge in [0, 0.05) is 12.1 Å². The highest BCUT2D eigenvalue weighted by Gasteiger charge is 2.16. The van der Waals surface area contributed by atoms with Crippen molar-refractivity contribution >= 4 is 11.6 Å². The van der Waals surface area contributed by atoms with Gasteiger partial charge < -0.3 is 10.4 Å². The van der Waals surface area contributed by atoms with Crippen molar-refractivity contribution in [1.82, 2.24) is 5.32 Å². The monoisotopic (exact) mass is 260 g/mol. The zero-order valence-corrected chi connectivity index (χ0v) is 9.15. The van der Waals surface area contributed by atoms with Crippen molar-refractivity contribution in [2.24, 2.45) is 0 Å². The van der Waals surface area contributed by atoms with Crippen molar-refractivity contribution in [3.05, 3.63) is 39.4 Å². The van der Waals surface area contributed by atoms with Gasteiger partial charge in [0.05, 0.1) is 17.1 Å². The van der Waals surface area contributed by atoms with Crippen molar-refractivity contribution < 1.29 is 23.6 Å². The molecule has 0 unspecified atom stereocenters. The number of nitrogens with one attached hydrogen (secondary N) is 1. The van der Waals surface area contributed by atoms with E-state index in [2.05, 4.69) is 5.32 Å². The first-order valence-electron chi connectivity index (χ1n) is 4.95. The topological polar surface area (TPSA) is 92.5 Å². The molecule has 0 bridgehead atoms. The molecule has 0 saturated carbocycles. The van der Waals surface area contributed by atoms with E-state index >= 15 is 0 Å². The van der Waals surface area contributed by atoms with Crippen LogP contribution in [0.5, 0.6) is 0 Å². The first-order chi connectivity index (χ1) is 8.45. The number of benzene rings is 1. The van der Waals surface area contributed by atoms with Gasteiger partial charge in [-0.1, -0.05) is 0 Å². The van der Waals surface area contributed by atoms with Gasteiger partial charge in [-0.3, -0.25) is 14.9 Å².